The fraction of sp³-hybridized carbons (Fsp3) is 0.304. The van der Waals surface area contributed by atoms with Gasteiger partial charge in [-0.15, -0.1) is 0 Å². The molecule has 1 aromatic heterocycles. The number of carbonyl (C=O) groups is 1. The number of nitrogens with one attached hydrogen (secondary N) is 1. The number of para-hydroxylation sites is 2. The second-order valence-corrected chi connectivity index (χ2v) is 6.88. The molecule has 0 spiro atoms. The third-order valence-electron chi connectivity index (χ3n) is 4.68. The average molecular weight is 377 g/mol. The minimum Gasteiger partial charge on any atom is -0.493 e. The maximum Gasteiger partial charge on any atom is 0.243 e. The van der Waals surface area contributed by atoms with E-state index in [1.54, 1.807) is 0 Å². The third kappa shape index (κ3) is 4.80. The Balaban J connectivity index is 1.64. The van der Waals surface area contributed by atoms with Crippen molar-refractivity contribution < 1.29 is 9.53 Å². The predicted octanol–water partition coefficient (Wildman–Crippen LogP) is 3.97. The standard InChI is InChI=1S/C23H27N3O2/c1-4-23(27)24-13-12-22-25-19-8-5-6-9-20(19)26(22)14-7-15-28-21-11-10-17(2)16-18(21)3/h4-6,8-11,16H,1,7,12-15H2,2-3H3,(H,24,27). The van der Waals surface area contributed by atoms with Crippen molar-refractivity contribution in [3.8, 4) is 5.75 Å². The van der Waals surface area contributed by atoms with Gasteiger partial charge in [0.15, 0.2) is 0 Å². The van der Waals surface area contributed by atoms with Crippen LogP contribution in [0, 0.1) is 13.8 Å². The van der Waals surface area contributed by atoms with Crippen LogP contribution in [0.2, 0.25) is 0 Å². The van der Waals surface area contributed by atoms with Gasteiger partial charge in [0.05, 0.1) is 17.6 Å². The number of imidazole rings is 1. The molecular weight excluding hydrogens is 350 g/mol. The van der Waals surface area contributed by atoms with Gasteiger partial charge < -0.3 is 14.6 Å². The molecule has 3 rings (SSSR count). The quantitative estimate of drug-likeness (QED) is 0.453. The van der Waals surface area contributed by atoms with E-state index >= 15 is 0 Å². The first-order valence-electron chi connectivity index (χ1n) is 9.63. The van der Waals surface area contributed by atoms with Crippen molar-refractivity contribution in [1.29, 1.82) is 0 Å². The highest BCUT2D eigenvalue weighted by molar-refractivity contribution is 5.86. The van der Waals surface area contributed by atoms with E-state index in [4.69, 9.17) is 9.72 Å². The molecular formula is C23H27N3O2. The Morgan fingerprint density at radius 3 is 2.86 bits per heavy atom. The number of fused-ring (bicyclic) bond motifs is 1. The molecule has 0 saturated carbocycles. The number of hydrogen-bond donors (Lipinski definition) is 1. The summed E-state index contributed by atoms with van der Waals surface area (Å²) in [6.45, 7) is 9.62. The fourth-order valence-corrected chi connectivity index (χ4v) is 3.30. The van der Waals surface area contributed by atoms with Gasteiger partial charge in [0.1, 0.15) is 11.6 Å². The van der Waals surface area contributed by atoms with E-state index in [-0.39, 0.29) is 5.91 Å². The number of aromatic nitrogens is 2. The zero-order valence-electron chi connectivity index (χ0n) is 16.6. The van der Waals surface area contributed by atoms with Crippen LogP contribution in [0.3, 0.4) is 0 Å². The summed E-state index contributed by atoms with van der Waals surface area (Å²) in [4.78, 5) is 16.1. The zero-order valence-corrected chi connectivity index (χ0v) is 16.6. The van der Waals surface area contributed by atoms with E-state index in [0.717, 1.165) is 41.1 Å². The van der Waals surface area contributed by atoms with Gasteiger partial charge in [-0.3, -0.25) is 4.79 Å². The highest BCUT2D eigenvalue weighted by atomic mass is 16.5. The Morgan fingerprint density at radius 1 is 1.25 bits per heavy atom. The van der Waals surface area contributed by atoms with Crippen LogP contribution in [0.15, 0.2) is 55.1 Å². The molecule has 0 radical (unpaired) electrons. The van der Waals surface area contributed by atoms with Crippen molar-refractivity contribution in [2.45, 2.75) is 33.2 Å². The highest BCUT2D eigenvalue weighted by Crippen LogP contribution is 2.20. The van der Waals surface area contributed by atoms with Crippen LogP contribution in [0.4, 0.5) is 0 Å². The number of ether oxygens (including phenoxy) is 1. The van der Waals surface area contributed by atoms with E-state index in [9.17, 15) is 4.79 Å². The first-order valence-corrected chi connectivity index (χ1v) is 9.63. The molecule has 0 saturated heterocycles. The van der Waals surface area contributed by atoms with Gasteiger partial charge in [-0.1, -0.05) is 36.4 Å². The van der Waals surface area contributed by atoms with E-state index in [0.29, 0.717) is 19.6 Å². The molecule has 146 valence electrons. The molecule has 0 aliphatic heterocycles. The first kappa shape index (κ1) is 19.7. The second-order valence-electron chi connectivity index (χ2n) is 6.88. The summed E-state index contributed by atoms with van der Waals surface area (Å²) in [6, 6.07) is 14.4. The fourth-order valence-electron chi connectivity index (χ4n) is 3.30. The molecule has 0 fully saturated rings. The lowest BCUT2D eigenvalue weighted by Crippen LogP contribution is -2.24. The monoisotopic (exact) mass is 377 g/mol. The Bertz CT molecular complexity index is 975. The van der Waals surface area contributed by atoms with Crippen LogP contribution in [-0.2, 0) is 17.8 Å². The number of nitrogens with zero attached hydrogens (tertiary/aromatic N) is 2. The summed E-state index contributed by atoms with van der Waals surface area (Å²) in [5, 5.41) is 2.82. The molecule has 0 atom stereocenters. The molecule has 0 aliphatic rings. The number of hydrogen-bond acceptors (Lipinski definition) is 3. The SMILES string of the molecule is C=CC(=O)NCCc1nc2ccccc2n1CCCOc1ccc(C)cc1C. The number of amides is 1. The van der Waals surface area contributed by atoms with Gasteiger partial charge in [-0.2, -0.15) is 0 Å². The molecule has 5 heteroatoms. The van der Waals surface area contributed by atoms with E-state index in [1.165, 1.54) is 11.6 Å². The maximum atomic E-state index is 11.4. The molecule has 0 bridgehead atoms. The topological polar surface area (TPSA) is 56.2 Å². The molecule has 28 heavy (non-hydrogen) atoms. The summed E-state index contributed by atoms with van der Waals surface area (Å²) < 4.78 is 8.19. The summed E-state index contributed by atoms with van der Waals surface area (Å²) >= 11 is 0. The minimum atomic E-state index is -0.162. The first-order chi connectivity index (χ1) is 13.6. The number of benzene rings is 2. The Hall–Kier alpha value is -3.08. The zero-order chi connectivity index (χ0) is 19.9. The smallest absolute Gasteiger partial charge is 0.243 e. The summed E-state index contributed by atoms with van der Waals surface area (Å²) in [7, 11) is 0. The molecule has 1 N–H and O–H groups in total. The van der Waals surface area contributed by atoms with Gasteiger partial charge >= 0.3 is 0 Å². The van der Waals surface area contributed by atoms with Crippen LogP contribution < -0.4 is 10.1 Å². The average Bonchev–Trinajstić information content (AvgIpc) is 3.04. The van der Waals surface area contributed by atoms with Crippen LogP contribution in [0.25, 0.3) is 11.0 Å². The third-order valence-corrected chi connectivity index (χ3v) is 4.68. The van der Waals surface area contributed by atoms with Crippen molar-refractivity contribution >= 4 is 16.9 Å². The summed E-state index contributed by atoms with van der Waals surface area (Å²) in [5.74, 6) is 1.75. The minimum absolute atomic E-state index is 0.162. The van der Waals surface area contributed by atoms with Gasteiger partial charge in [-0.05, 0) is 50.1 Å². The van der Waals surface area contributed by atoms with Gasteiger partial charge in [-0.25, -0.2) is 4.98 Å². The van der Waals surface area contributed by atoms with E-state index in [2.05, 4.69) is 48.5 Å². The Labute approximate surface area is 166 Å². The van der Waals surface area contributed by atoms with E-state index in [1.807, 2.05) is 24.3 Å². The second kappa shape index (κ2) is 9.22. The molecule has 0 unspecified atom stereocenters. The van der Waals surface area contributed by atoms with Crippen molar-refractivity contribution in [1.82, 2.24) is 14.9 Å². The molecule has 3 aromatic rings. The number of aryl methyl sites for hydroxylation is 3. The van der Waals surface area contributed by atoms with Crippen LogP contribution in [-0.4, -0.2) is 28.6 Å². The molecule has 1 heterocycles. The number of rotatable bonds is 9. The molecule has 0 aliphatic carbocycles. The highest BCUT2D eigenvalue weighted by Gasteiger charge is 2.10. The lowest BCUT2D eigenvalue weighted by molar-refractivity contribution is -0.116. The lowest BCUT2D eigenvalue weighted by atomic mass is 10.1. The van der Waals surface area contributed by atoms with Crippen molar-refractivity contribution in [3.63, 3.8) is 0 Å². The van der Waals surface area contributed by atoms with Crippen LogP contribution >= 0.6 is 0 Å². The predicted molar refractivity (Wildman–Crippen MR) is 113 cm³/mol. The summed E-state index contributed by atoms with van der Waals surface area (Å²) in [6.07, 6.45) is 2.83. The molecule has 2 aromatic carbocycles. The number of carbonyl (C=O) groups excluding carboxylic acids is 1. The van der Waals surface area contributed by atoms with Gasteiger partial charge in [0.25, 0.3) is 0 Å². The Kier molecular flexibility index (Phi) is 6.48. The normalized spacial score (nSPS) is 10.8. The van der Waals surface area contributed by atoms with Gasteiger partial charge in [0, 0.05) is 19.5 Å². The lowest BCUT2D eigenvalue weighted by Gasteiger charge is -2.12. The summed E-state index contributed by atoms with van der Waals surface area (Å²) in [5.41, 5.74) is 4.48. The van der Waals surface area contributed by atoms with Crippen molar-refractivity contribution in [2.75, 3.05) is 13.2 Å². The largest absolute Gasteiger partial charge is 0.493 e. The van der Waals surface area contributed by atoms with Crippen LogP contribution in [0.1, 0.15) is 23.4 Å². The van der Waals surface area contributed by atoms with E-state index < -0.39 is 0 Å². The molecule has 5 nitrogen and oxygen atoms in total. The van der Waals surface area contributed by atoms with Crippen molar-refractivity contribution in [2.24, 2.45) is 0 Å². The van der Waals surface area contributed by atoms with Crippen molar-refractivity contribution in [3.05, 3.63) is 72.1 Å². The maximum absolute atomic E-state index is 11.4. The van der Waals surface area contributed by atoms with Gasteiger partial charge in [0.2, 0.25) is 5.91 Å². The van der Waals surface area contributed by atoms with Crippen LogP contribution in [0.5, 0.6) is 5.75 Å². The molecule has 1 amide bonds. The Morgan fingerprint density at radius 2 is 2.07 bits per heavy atom.